The van der Waals surface area contributed by atoms with E-state index in [4.69, 9.17) is 10.2 Å². The molecule has 0 aromatic rings. The van der Waals surface area contributed by atoms with E-state index in [9.17, 15) is 9.59 Å². The summed E-state index contributed by atoms with van der Waals surface area (Å²) in [6.45, 7) is 1.40. The average molecular weight is 417 g/mol. The Balaban J connectivity index is 0. The Hall–Kier alpha value is 0.381. The van der Waals surface area contributed by atoms with Crippen molar-refractivity contribution >= 4 is 11.9 Å². The molecule has 1 rings (SSSR count). The second-order valence-electron chi connectivity index (χ2n) is 3.55. The third-order valence-electron chi connectivity index (χ3n) is 2.48. The Labute approximate surface area is 126 Å². The van der Waals surface area contributed by atoms with Crippen molar-refractivity contribution in [1.82, 2.24) is 4.90 Å². The fourth-order valence-corrected chi connectivity index (χ4v) is 1.77. The van der Waals surface area contributed by atoms with Crippen molar-refractivity contribution in [3.8, 4) is 0 Å². The van der Waals surface area contributed by atoms with Crippen molar-refractivity contribution in [3.63, 3.8) is 0 Å². The van der Waals surface area contributed by atoms with Crippen LogP contribution in [0.15, 0.2) is 0 Å². The summed E-state index contributed by atoms with van der Waals surface area (Å²) < 4.78 is 0. The maximum Gasteiger partial charge on any atom is 0.321 e. The zero-order chi connectivity index (χ0) is 10.6. The van der Waals surface area contributed by atoms with Crippen molar-refractivity contribution < 1.29 is 64.6 Å². The molecule has 0 spiro atoms. The number of hydrogen-bond donors (Lipinski definition) is 2. The van der Waals surface area contributed by atoms with E-state index >= 15 is 0 Å². The van der Waals surface area contributed by atoms with Gasteiger partial charge in [0.15, 0.2) is 0 Å². The van der Waals surface area contributed by atoms with Gasteiger partial charge in [0.05, 0.1) is 6.42 Å². The minimum absolute atomic E-state index is 0. The molecule has 1 saturated heterocycles. The number of carboxylic acids is 2. The Morgan fingerprint density at radius 2 is 1.56 bits per heavy atom. The number of nitrogens with zero attached hydrogens (tertiary/aromatic N) is 1. The number of likely N-dealkylation sites (tertiary alicyclic amines) is 1. The molecule has 102 valence electrons. The quantitative estimate of drug-likeness (QED) is 0.648. The molecule has 2 radical (unpaired) electrons. The minimum Gasteiger partial charge on any atom is -0.481 e. The van der Waals surface area contributed by atoms with Gasteiger partial charge in [0.25, 0.3) is 0 Å². The number of piperidine rings is 1. The zero-order valence-electron chi connectivity index (χ0n) is 8.58. The van der Waals surface area contributed by atoms with E-state index in [-0.39, 0.29) is 51.2 Å². The van der Waals surface area contributed by atoms with Crippen LogP contribution in [-0.4, -0.2) is 46.2 Å². The summed E-state index contributed by atoms with van der Waals surface area (Å²) in [5.74, 6) is -2.09. The first-order valence-electron chi connectivity index (χ1n) is 4.80. The van der Waals surface area contributed by atoms with Gasteiger partial charge in [0, 0.05) is 44.8 Å². The van der Waals surface area contributed by atoms with E-state index in [0.717, 1.165) is 19.3 Å². The molecule has 7 heteroatoms. The number of aliphatic carboxylic acids is 2. The van der Waals surface area contributed by atoms with Crippen LogP contribution >= 0.6 is 0 Å². The standard InChI is InChI=1S/C9H15NO4.2Ag/c11-8(12)6-7(9(13)14)10-4-2-1-3-5-10;;/h7H,1-6H2,(H,11,12)(H,13,14);;. The van der Waals surface area contributed by atoms with Gasteiger partial charge in [-0.15, -0.1) is 0 Å². The molecule has 1 aliphatic rings. The summed E-state index contributed by atoms with van der Waals surface area (Å²) >= 11 is 0. The molecule has 1 atom stereocenters. The topological polar surface area (TPSA) is 77.8 Å². The second kappa shape index (κ2) is 9.41. The van der Waals surface area contributed by atoms with Gasteiger partial charge in [-0.25, -0.2) is 0 Å². The number of hydrogen-bond acceptors (Lipinski definition) is 3. The predicted octanol–water partition coefficient (Wildman–Crippen LogP) is 0.395. The van der Waals surface area contributed by atoms with Crippen molar-refractivity contribution in [2.75, 3.05) is 13.1 Å². The molecule has 0 bridgehead atoms. The van der Waals surface area contributed by atoms with Crippen LogP contribution in [0.4, 0.5) is 0 Å². The van der Waals surface area contributed by atoms with Crippen molar-refractivity contribution in [3.05, 3.63) is 0 Å². The Morgan fingerprint density at radius 1 is 1.06 bits per heavy atom. The summed E-state index contributed by atoms with van der Waals surface area (Å²) in [5.41, 5.74) is 0. The van der Waals surface area contributed by atoms with Gasteiger partial charge in [-0.3, -0.25) is 14.5 Å². The molecule has 0 saturated carbocycles. The molecule has 5 nitrogen and oxygen atoms in total. The van der Waals surface area contributed by atoms with Crippen LogP contribution in [-0.2, 0) is 54.3 Å². The van der Waals surface area contributed by atoms with Crippen molar-refractivity contribution in [2.45, 2.75) is 31.7 Å². The molecule has 1 fully saturated rings. The number of carboxylic acid groups (broad SMARTS) is 2. The van der Waals surface area contributed by atoms with Crippen LogP contribution in [0.2, 0.25) is 0 Å². The molecular formula is C9H15Ag2NO4. The number of carbonyl (C=O) groups is 2. The fourth-order valence-electron chi connectivity index (χ4n) is 1.77. The van der Waals surface area contributed by atoms with E-state index in [0.29, 0.717) is 13.1 Å². The summed E-state index contributed by atoms with van der Waals surface area (Å²) in [6.07, 6.45) is 2.72. The third kappa shape index (κ3) is 6.20. The number of rotatable bonds is 4. The van der Waals surface area contributed by atoms with Crippen molar-refractivity contribution in [1.29, 1.82) is 0 Å². The largest absolute Gasteiger partial charge is 0.481 e. The first kappa shape index (κ1) is 18.7. The van der Waals surface area contributed by atoms with E-state index in [1.165, 1.54) is 0 Å². The Morgan fingerprint density at radius 3 is 1.94 bits per heavy atom. The first-order valence-corrected chi connectivity index (χ1v) is 4.80. The molecule has 1 heterocycles. The summed E-state index contributed by atoms with van der Waals surface area (Å²) in [7, 11) is 0. The van der Waals surface area contributed by atoms with Gasteiger partial charge in [-0.1, -0.05) is 6.42 Å². The molecule has 0 aromatic heterocycles. The van der Waals surface area contributed by atoms with Gasteiger partial charge in [-0.05, 0) is 25.9 Å². The smallest absolute Gasteiger partial charge is 0.321 e. The maximum atomic E-state index is 10.8. The van der Waals surface area contributed by atoms with Gasteiger partial charge < -0.3 is 10.2 Å². The molecular weight excluding hydrogens is 402 g/mol. The summed E-state index contributed by atoms with van der Waals surface area (Å²) in [6, 6.07) is -0.854. The van der Waals surface area contributed by atoms with E-state index in [1.807, 2.05) is 0 Å². The maximum absolute atomic E-state index is 10.8. The fraction of sp³-hybridized carbons (Fsp3) is 0.778. The van der Waals surface area contributed by atoms with Crippen LogP contribution in [0.3, 0.4) is 0 Å². The second-order valence-corrected chi connectivity index (χ2v) is 3.55. The molecule has 16 heavy (non-hydrogen) atoms. The van der Waals surface area contributed by atoms with Crippen LogP contribution < -0.4 is 0 Å². The van der Waals surface area contributed by atoms with Gasteiger partial charge in [0.1, 0.15) is 6.04 Å². The minimum atomic E-state index is -1.05. The normalized spacial score (nSPS) is 17.8. The van der Waals surface area contributed by atoms with Crippen molar-refractivity contribution in [2.24, 2.45) is 0 Å². The van der Waals surface area contributed by atoms with Crippen LogP contribution in [0.25, 0.3) is 0 Å². The van der Waals surface area contributed by atoms with Crippen LogP contribution in [0.5, 0.6) is 0 Å². The predicted molar refractivity (Wildman–Crippen MR) is 49.1 cm³/mol. The van der Waals surface area contributed by atoms with Crippen LogP contribution in [0, 0.1) is 0 Å². The molecule has 0 amide bonds. The summed E-state index contributed by atoms with van der Waals surface area (Å²) in [5, 5.41) is 17.4. The molecule has 1 unspecified atom stereocenters. The molecule has 0 aromatic carbocycles. The van der Waals surface area contributed by atoms with E-state index in [2.05, 4.69) is 0 Å². The van der Waals surface area contributed by atoms with Gasteiger partial charge in [0.2, 0.25) is 0 Å². The monoisotopic (exact) mass is 415 g/mol. The SMILES string of the molecule is O=C(O)CC(C(=O)O)N1CCCCC1.[Ag].[Ag]. The molecule has 1 aliphatic heterocycles. The third-order valence-corrected chi connectivity index (χ3v) is 2.48. The van der Waals surface area contributed by atoms with Gasteiger partial charge in [-0.2, -0.15) is 0 Å². The van der Waals surface area contributed by atoms with E-state index in [1.54, 1.807) is 4.90 Å². The first-order chi connectivity index (χ1) is 6.61. The Kier molecular flexibility index (Phi) is 11.0. The zero-order valence-corrected chi connectivity index (χ0v) is 11.5. The molecule has 2 N–H and O–H groups in total. The van der Waals surface area contributed by atoms with E-state index < -0.39 is 18.0 Å². The average Bonchev–Trinajstić information content (AvgIpc) is 2.15. The van der Waals surface area contributed by atoms with Crippen LogP contribution in [0.1, 0.15) is 25.7 Å². The Bertz CT molecular complexity index is 232. The van der Waals surface area contributed by atoms with Gasteiger partial charge >= 0.3 is 11.9 Å². The molecule has 0 aliphatic carbocycles. The summed E-state index contributed by atoms with van der Waals surface area (Å²) in [4.78, 5) is 23.0.